The predicted molar refractivity (Wildman–Crippen MR) is 89.3 cm³/mol. The summed E-state index contributed by atoms with van der Waals surface area (Å²) in [5.41, 5.74) is 1.75. The number of aromatic hydroxyl groups is 1. The molecule has 0 aliphatic heterocycles. The summed E-state index contributed by atoms with van der Waals surface area (Å²) in [4.78, 5) is 0.674. The lowest BCUT2D eigenvalue weighted by molar-refractivity contribution is 0.475. The molecule has 2 N–H and O–H groups in total. The molecule has 2 aromatic carbocycles. The lowest BCUT2D eigenvalue weighted by Gasteiger charge is -2.01. The highest BCUT2D eigenvalue weighted by Gasteiger charge is 2.12. The van der Waals surface area contributed by atoms with E-state index >= 15 is 0 Å². The van der Waals surface area contributed by atoms with Crippen molar-refractivity contribution in [2.24, 2.45) is 0 Å². The van der Waals surface area contributed by atoms with E-state index < -0.39 is 0 Å². The minimum atomic E-state index is -0.283. The maximum atomic E-state index is 12.9. The zero-order valence-electron chi connectivity index (χ0n) is 12.3. The Morgan fingerprint density at radius 1 is 1.04 bits per heavy atom. The molecular formula is C16H12FN5OS. The molecule has 4 rings (SSSR count). The maximum Gasteiger partial charge on any atom is 0.236 e. The molecule has 0 radical (unpaired) electrons. The summed E-state index contributed by atoms with van der Waals surface area (Å²) in [7, 11) is 0. The number of fused-ring (bicyclic) bond motifs is 1. The van der Waals surface area contributed by atoms with Crippen molar-refractivity contribution in [2.75, 3.05) is 5.32 Å². The first-order valence-electron chi connectivity index (χ1n) is 7.19. The Labute approximate surface area is 140 Å². The summed E-state index contributed by atoms with van der Waals surface area (Å²) in [6.45, 7) is 0. The minimum Gasteiger partial charge on any atom is -0.508 e. The number of nitrogens with zero attached hydrogens (tertiary/aromatic N) is 4. The second-order valence-electron chi connectivity index (χ2n) is 5.19. The molecule has 4 aromatic rings. The van der Waals surface area contributed by atoms with Crippen LogP contribution in [0.5, 0.6) is 5.75 Å². The average molecular weight is 341 g/mol. The SMILES string of the molecule is Oc1ccc(Cc2nnc3sc(Nc4ccc(F)cc4)nn23)cc1. The molecule has 0 atom stereocenters. The second-order valence-corrected chi connectivity index (χ2v) is 6.15. The predicted octanol–water partition coefficient (Wildman–Crippen LogP) is 3.36. The Kier molecular flexibility index (Phi) is 3.58. The Morgan fingerprint density at radius 2 is 1.79 bits per heavy atom. The van der Waals surface area contributed by atoms with Crippen LogP contribution in [-0.4, -0.2) is 24.9 Å². The number of phenolic OH excluding ortho intramolecular Hbond substituents is 1. The smallest absolute Gasteiger partial charge is 0.236 e. The fraction of sp³-hybridized carbons (Fsp3) is 0.0625. The van der Waals surface area contributed by atoms with Crippen molar-refractivity contribution in [3.63, 3.8) is 0 Å². The van der Waals surface area contributed by atoms with Crippen LogP contribution in [-0.2, 0) is 6.42 Å². The molecule has 8 heteroatoms. The molecule has 0 fully saturated rings. The van der Waals surface area contributed by atoms with Crippen molar-refractivity contribution in [1.82, 2.24) is 19.8 Å². The number of benzene rings is 2. The number of hydrogen-bond donors (Lipinski definition) is 2. The van der Waals surface area contributed by atoms with Crippen molar-refractivity contribution in [1.29, 1.82) is 0 Å². The highest BCUT2D eigenvalue weighted by molar-refractivity contribution is 7.20. The van der Waals surface area contributed by atoms with Gasteiger partial charge in [-0.25, -0.2) is 4.39 Å². The van der Waals surface area contributed by atoms with Gasteiger partial charge in [0, 0.05) is 12.1 Å². The molecule has 0 saturated carbocycles. The molecule has 0 unspecified atom stereocenters. The third kappa shape index (κ3) is 2.91. The van der Waals surface area contributed by atoms with E-state index in [1.165, 1.54) is 23.5 Å². The van der Waals surface area contributed by atoms with Crippen molar-refractivity contribution >= 4 is 27.1 Å². The number of rotatable bonds is 4. The number of anilines is 2. The number of phenols is 1. The topological polar surface area (TPSA) is 75.3 Å². The summed E-state index contributed by atoms with van der Waals surface area (Å²) in [6.07, 6.45) is 0.557. The van der Waals surface area contributed by atoms with Crippen molar-refractivity contribution in [3.8, 4) is 5.75 Å². The molecular weight excluding hydrogens is 329 g/mol. The number of hydrogen-bond acceptors (Lipinski definition) is 6. The molecule has 6 nitrogen and oxygen atoms in total. The first kappa shape index (κ1) is 14.6. The summed E-state index contributed by atoms with van der Waals surface area (Å²) in [5, 5.41) is 25.9. The molecule has 0 aliphatic rings. The van der Waals surface area contributed by atoms with Crippen LogP contribution in [0.4, 0.5) is 15.2 Å². The lowest BCUT2D eigenvalue weighted by Crippen LogP contribution is -1.98. The van der Waals surface area contributed by atoms with Gasteiger partial charge in [0.2, 0.25) is 10.1 Å². The number of nitrogens with one attached hydrogen (secondary N) is 1. The molecule has 2 heterocycles. The van der Waals surface area contributed by atoms with Crippen LogP contribution in [0.3, 0.4) is 0 Å². The van der Waals surface area contributed by atoms with E-state index in [2.05, 4.69) is 20.6 Å². The van der Waals surface area contributed by atoms with E-state index in [4.69, 9.17) is 0 Å². The fourth-order valence-corrected chi connectivity index (χ4v) is 3.05. The highest BCUT2D eigenvalue weighted by Crippen LogP contribution is 2.24. The highest BCUT2D eigenvalue weighted by atomic mass is 32.1. The van der Waals surface area contributed by atoms with E-state index in [9.17, 15) is 9.50 Å². The van der Waals surface area contributed by atoms with E-state index in [-0.39, 0.29) is 11.6 Å². The van der Waals surface area contributed by atoms with E-state index in [1.54, 1.807) is 28.8 Å². The van der Waals surface area contributed by atoms with Crippen LogP contribution in [0.1, 0.15) is 11.4 Å². The van der Waals surface area contributed by atoms with Crippen LogP contribution in [0, 0.1) is 5.82 Å². The molecule has 0 amide bonds. The third-order valence-electron chi connectivity index (χ3n) is 3.45. The Bertz CT molecular complexity index is 978. The normalized spacial score (nSPS) is 11.0. The van der Waals surface area contributed by atoms with Crippen LogP contribution in [0.2, 0.25) is 0 Å². The molecule has 120 valence electrons. The van der Waals surface area contributed by atoms with Crippen LogP contribution >= 0.6 is 11.3 Å². The number of aromatic nitrogens is 4. The summed E-state index contributed by atoms with van der Waals surface area (Å²) in [5.74, 6) is 0.651. The van der Waals surface area contributed by atoms with E-state index in [0.29, 0.717) is 22.3 Å². The van der Waals surface area contributed by atoms with Crippen molar-refractivity contribution in [3.05, 3.63) is 65.7 Å². The van der Waals surface area contributed by atoms with Gasteiger partial charge in [-0.05, 0) is 42.0 Å². The Hall–Kier alpha value is -3.00. The van der Waals surface area contributed by atoms with Gasteiger partial charge in [0.1, 0.15) is 11.6 Å². The molecule has 0 saturated heterocycles. The molecule has 24 heavy (non-hydrogen) atoms. The van der Waals surface area contributed by atoms with Gasteiger partial charge in [-0.15, -0.1) is 15.3 Å². The first-order valence-corrected chi connectivity index (χ1v) is 8.01. The quantitative estimate of drug-likeness (QED) is 0.595. The van der Waals surface area contributed by atoms with Crippen molar-refractivity contribution < 1.29 is 9.50 Å². The van der Waals surface area contributed by atoms with Gasteiger partial charge in [0.05, 0.1) is 0 Å². The van der Waals surface area contributed by atoms with E-state index in [1.807, 2.05) is 12.1 Å². The minimum absolute atomic E-state index is 0.226. The zero-order chi connectivity index (χ0) is 16.5. The van der Waals surface area contributed by atoms with Crippen LogP contribution in [0.15, 0.2) is 48.5 Å². The second kappa shape index (κ2) is 5.89. The standard InChI is InChI=1S/C16H12FN5OS/c17-11-3-5-12(6-4-11)18-15-21-22-14(19-20-16(22)24-15)9-10-1-7-13(23)8-2-10/h1-8,23H,9H2,(H,18,21). The van der Waals surface area contributed by atoms with E-state index in [0.717, 1.165) is 11.3 Å². The Morgan fingerprint density at radius 3 is 2.54 bits per heavy atom. The van der Waals surface area contributed by atoms with Gasteiger partial charge in [0.25, 0.3) is 0 Å². The van der Waals surface area contributed by atoms with Gasteiger partial charge in [-0.1, -0.05) is 23.5 Å². The fourth-order valence-electron chi connectivity index (χ4n) is 2.27. The molecule has 0 bridgehead atoms. The van der Waals surface area contributed by atoms with Crippen molar-refractivity contribution in [2.45, 2.75) is 6.42 Å². The van der Waals surface area contributed by atoms with Gasteiger partial charge >= 0.3 is 0 Å². The summed E-state index contributed by atoms with van der Waals surface area (Å²) >= 11 is 1.36. The number of halogens is 1. The molecule has 2 aromatic heterocycles. The third-order valence-corrected chi connectivity index (χ3v) is 4.26. The van der Waals surface area contributed by atoms with Gasteiger partial charge in [0.15, 0.2) is 5.82 Å². The van der Waals surface area contributed by atoms with Gasteiger partial charge in [-0.2, -0.15) is 4.52 Å². The average Bonchev–Trinajstić information content (AvgIpc) is 3.13. The van der Waals surface area contributed by atoms with Gasteiger partial charge < -0.3 is 10.4 Å². The zero-order valence-corrected chi connectivity index (χ0v) is 13.2. The molecule has 0 spiro atoms. The van der Waals surface area contributed by atoms with Crippen LogP contribution in [0.25, 0.3) is 4.96 Å². The van der Waals surface area contributed by atoms with Crippen LogP contribution < -0.4 is 5.32 Å². The van der Waals surface area contributed by atoms with Gasteiger partial charge in [-0.3, -0.25) is 0 Å². The lowest BCUT2D eigenvalue weighted by atomic mass is 10.1. The summed E-state index contributed by atoms with van der Waals surface area (Å²) < 4.78 is 14.6. The first-order chi connectivity index (χ1) is 11.7. The summed E-state index contributed by atoms with van der Waals surface area (Å²) in [6, 6.07) is 13.0. The molecule has 0 aliphatic carbocycles. The Balaban J connectivity index is 1.58. The monoisotopic (exact) mass is 341 g/mol. The maximum absolute atomic E-state index is 12.9. The largest absolute Gasteiger partial charge is 0.508 e.